The first-order valence-electron chi connectivity index (χ1n) is 3.12. The molecule has 0 aliphatic carbocycles. The lowest BCUT2D eigenvalue weighted by molar-refractivity contribution is -0.127. The number of carbonyl (C=O) groups is 1. The topological polar surface area (TPSA) is 50.8 Å². The Labute approximate surface area is 55.6 Å². The molecule has 1 fully saturated rings. The molecule has 1 amide bonds. The van der Waals surface area contributed by atoms with Gasteiger partial charge in [-0.15, -0.1) is 0 Å². The van der Waals surface area contributed by atoms with Gasteiger partial charge in [0.15, 0.2) is 0 Å². The van der Waals surface area contributed by atoms with E-state index in [1.165, 1.54) is 0 Å². The van der Waals surface area contributed by atoms with Gasteiger partial charge in [-0.25, -0.2) is 0 Å². The Morgan fingerprint density at radius 1 is 1.67 bits per heavy atom. The van der Waals surface area contributed by atoms with Crippen molar-refractivity contribution in [2.45, 2.75) is 19.8 Å². The van der Waals surface area contributed by atoms with Gasteiger partial charge in [0, 0.05) is 25.7 Å². The van der Waals surface area contributed by atoms with Crippen LogP contribution in [-0.2, 0) is 4.79 Å². The lowest BCUT2D eigenvalue weighted by Crippen LogP contribution is -2.23. The van der Waals surface area contributed by atoms with Crippen molar-refractivity contribution >= 4 is 5.91 Å². The van der Waals surface area contributed by atoms with E-state index in [-0.39, 0.29) is 6.15 Å². The molecule has 1 aliphatic heterocycles. The molecule has 0 N–H and O–H groups in total. The molecule has 0 saturated carbocycles. The smallest absolute Gasteiger partial charge is 0.222 e. The SMILES string of the molecule is CCN1CCCC1=O.[N]. The largest absolute Gasteiger partial charge is 0.343 e. The van der Waals surface area contributed by atoms with Crippen molar-refractivity contribution in [3.05, 3.63) is 0 Å². The Morgan fingerprint density at radius 2 is 2.33 bits per heavy atom. The van der Waals surface area contributed by atoms with Gasteiger partial charge in [-0.3, -0.25) is 4.79 Å². The van der Waals surface area contributed by atoms with Crippen LogP contribution in [0, 0.1) is 0 Å². The van der Waals surface area contributed by atoms with Crippen molar-refractivity contribution in [1.29, 1.82) is 0 Å². The van der Waals surface area contributed by atoms with Gasteiger partial charge < -0.3 is 4.90 Å². The summed E-state index contributed by atoms with van der Waals surface area (Å²) in [5.41, 5.74) is 0. The third kappa shape index (κ3) is 1.68. The highest BCUT2D eigenvalue weighted by molar-refractivity contribution is 5.77. The minimum Gasteiger partial charge on any atom is -0.343 e. The summed E-state index contributed by atoms with van der Waals surface area (Å²) in [5, 5.41) is 0. The second kappa shape index (κ2) is 3.45. The summed E-state index contributed by atoms with van der Waals surface area (Å²) < 4.78 is 0. The first-order valence-corrected chi connectivity index (χ1v) is 3.12. The van der Waals surface area contributed by atoms with Gasteiger partial charge >= 0.3 is 0 Å². The second-order valence-corrected chi connectivity index (χ2v) is 2.08. The molecule has 0 aromatic heterocycles. The number of rotatable bonds is 1. The van der Waals surface area contributed by atoms with Crippen LogP contribution in [-0.4, -0.2) is 23.9 Å². The van der Waals surface area contributed by atoms with Gasteiger partial charge in [0.05, 0.1) is 0 Å². The third-order valence-electron chi connectivity index (χ3n) is 1.55. The average molecular weight is 127 g/mol. The van der Waals surface area contributed by atoms with E-state index < -0.39 is 0 Å². The number of likely N-dealkylation sites (tertiary alicyclic amines) is 1. The summed E-state index contributed by atoms with van der Waals surface area (Å²) in [6.45, 7) is 3.89. The molecule has 0 unspecified atom stereocenters. The Balaban J connectivity index is 0.000000640. The molecule has 0 bridgehead atoms. The van der Waals surface area contributed by atoms with E-state index >= 15 is 0 Å². The molecular weight excluding hydrogens is 116 g/mol. The van der Waals surface area contributed by atoms with Crippen molar-refractivity contribution in [3.63, 3.8) is 0 Å². The molecule has 3 heteroatoms. The average Bonchev–Trinajstić information content (AvgIpc) is 2.14. The molecule has 9 heavy (non-hydrogen) atoms. The van der Waals surface area contributed by atoms with Crippen molar-refractivity contribution < 1.29 is 4.79 Å². The first kappa shape index (κ1) is 8.43. The fourth-order valence-electron chi connectivity index (χ4n) is 1.04. The predicted octanol–water partition coefficient (Wildman–Crippen LogP) is 0.148. The molecule has 1 aliphatic rings. The van der Waals surface area contributed by atoms with E-state index in [1.807, 2.05) is 11.8 Å². The molecule has 0 atom stereocenters. The fourth-order valence-corrected chi connectivity index (χ4v) is 1.04. The van der Waals surface area contributed by atoms with Crippen molar-refractivity contribution in [2.24, 2.45) is 0 Å². The highest BCUT2D eigenvalue weighted by Crippen LogP contribution is 2.07. The second-order valence-electron chi connectivity index (χ2n) is 2.08. The lowest BCUT2D eigenvalue weighted by atomic mass is 10.4. The Bertz CT molecular complexity index is 103. The maximum absolute atomic E-state index is 10.7. The van der Waals surface area contributed by atoms with Gasteiger partial charge in [0.2, 0.25) is 5.91 Å². The Morgan fingerprint density at radius 3 is 2.56 bits per heavy atom. The zero-order valence-corrected chi connectivity index (χ0v) is 5.63. The Kier molecular flexibility index (Phi) is 3.24. The van der Waals surface area contributed by atoms with Gasteiger partial charge in [-0.1, -0.05) is 0 Å². The molecule has 3 nitrogen and oxygen atoms in total. The number of hydrogen-bond acceptors (Lipinski definition) is 1. The predicted molar refractivity (Wildman–Crippen MR) is 33.6 cm³/mol. The quantitative estimate of drug-likeness (QED) is 0.494. The van der Waals surface area contributed by atoms with Crippen molar-refractivity contribution in [1.82, 2.24) is 11.1 Å². The summed E-state index contributed by atoms with van der Waals surface area (Å²) >= 11 is 0. The van der Waals surface area contributed by atoms with Gasteiger partial charge in [0.1, 0.15) is 0 Å². The minimum absolute atomic E-state index is 0. The maximum Gasteiger partial charge on any atom is 0.222 e. The zero-order chi connectivity index (χ0) is 5.98. The van der Waals surface area contributed by atoms with Crippen LogP contribution in [0.4, 0.5) is 0 Å². The Hall–Kier alpha value is -0.570. The van der Waals surface area contributed by atoms with Gasteiger partial charge in [-0.05, 0) is 13.3 Å². The summed E-state index contributed by atoms with van der Waals surface area (Å²) in [6.07, 6.45) is 1.83. The molecule has 1 rings (SSSR count). The number of nitrogens with zero attached hydrogens (tertiary/aromatic N) is 2. The summed E-state index contributed by atoms with van der Waals surface area (Å²) in [5.74, 6) is 0.326. The van der Waals surface area contributed by atoms with E-state index in [2.05, 4.69) is 0 Å². The van der Waals surface area contributed by atoms with E-state index in [0.717, 1.165) is 25.9 Å². The molecule has 0 aromatic rings. The summed E-state index contributed by atoms with van der Waals surface area (Å²) in [4.78, 5) is 12.6. The number of amides is 1. The monoisotopic (exact) mass is 127 g/mol. The molecule has 0 spiro atoms. The summed E-state index contributed by atoms with van der Waals surface area (Å²) in [6, 6.07) is 0. The van der Waals surface area contributed by atoms with Crippen LogP contribution in [0.2, 0.25) is 0 Å². The molecule has 1 heterocycles. The maximum atomic E-state index is 10.7. The minimum atomic E-state index is 0. The normalized spacial score (nSPS) is 17.9. The van der Waals surface area contributed by atoms with Gasteiger partial charge in [0.25, 0.3) is 0 Å². The van der Waals surface area contributed by atoms with Crippen LogP contribution < -0.4 is 6.15 Å². The lowest BCUT2D eigenvalue weighted by Gasteiger charge is -2.10. The van der Waals surface area contributed by atoms with Crippen LogP contribution in [0.1, 0.15) is 19.8 Å². The standard InChI is InChI=1S/C6H11NO.N/c1-2-7-5-3-4-6(7)8;/h2-5H2,1H3;. The highest BCUT2D eigenvalue weighted by atomic mass is 16.2. The molecular formula is C6H11N2O. The van der Waals surface area contributed by atoms with Crippen molar-refractivity contribution in [2.75, 3.05) is 13.1 Å². The molecule has 0 aromatic carbocycles. The number of hydrogen-bond donors (Lipinski definition) is 0. The molecule has 51 valence electrons. The van der Waals surface area contributed by atoms with Crippen LogP contribution >= 0.6 is 0 Å². The third-order valence-corrected chi connectivity index (χ3v) is 1.55. The van der Waals surface area contributed by atoms with Crippen molar-refractivity contribution in [3.8, 4) is 0 Å². The van der Waals surface area contributed by atoms with Crippen LogP contribution in [0.5, 0.6) is 0 Å². The van der Waals surface area contributed by atoms with Crippen LogP contribution in [0.3, 0.4) is 0 Å². The van der Waals surface area contributed by atoms with Crippen LogP contribution in [0.25, 0.3) is 0 Å². The molecule has 1 saturated heterocycles. The van der Waals surface area contributed by atoms with E-state index in [9.17, 15) is 4.79 Å². The first-order chi connectivity index (χ1) is 3.84. The highest BCUT2D eigenvalue weighted by Gasteiger charge is 2.16. The van der Waals surface area contributed by atoms with E-state index in [4.69, 9.17) is 0 Å². The fraction of sp³-hybridized carbons (Fsp3) is 0.833. The van der Waals surface area contributed by atoms with Gasteiger partial charge in [-0.2, -0.15) is 0 Å². The zero-order valence-electron chi connectivity index (χ0n) is 5.63. The van der Waals surface area contributed by atoms with E-state index in [1.54, 1.807) is 0 Å². The summed E-state index contributed by atoms with van der Waals surface area (Å²) in [7, 11) is 0. The van der Waals surface area contributed by atoms with E-state index in [0.29, 0.717) is 5.91 Å². The number of carbonyl (C=O) groups excluding carboxylic acids is 1. The molecule has 3 radical (unpaired) electrons. The van der Waals surface area contributed by atoms with Crippen LogP contribution in [0.15, 0.2) is 0 Å².